The first-order chi connectivity index (χ1) is 13.3. The van der Waals surface area contributed by atoms with Gasteiger partial charge in [0.1, 0.15) is 6.04 Å². The van der Waals surface area contributed by atoms with Crippen molar-refractivity contribution in [3.8, 4) is 0 Å². The van der Waals surface area contributed by atoms with Crippen LogP contribution in [0.25, 0.3) is 0 Å². The van der Waals surface area contributed by atoms with Gasteiger partial charge in [0.25, 0.3) is 0 Å². The third-order valence-electron chi connectivity index (χ3n) is 7.62. The van der Waals surface area contributed by atoms with Crippen LogP contribution in [0.5, 0.6) is 0 Å². The lowest BCUT2D eigenvalue weighted by molar-refractivity contribution is -0.155. The van der Waals surface area contributed by atoms with E-state index in [-0.39, 0.29) is 28.6 Å². The van der Waals surface area contributed by atoms with Crippen molar-refractivity contribution < 1.29 is 14.3 Å². The number of aryl methyl sites for hydroxylation is 1. The summed E-state index contributed by atoms with van der Waals surface area (Å²) in [5, 5.41) is 3.09. The Morgan fingerprint density at radius 2 is 1.68 bits per heavy atom. The van der Waals surface area contributed by atoms with Crippen molar-refractivity contribution >= 4 is 11.9 Å². The van der Waals surface area contributed by atoms with Crippen LogP contribution >= 0.6 is 0 Å². The Kier molecular flexibility index (Phi) is 4.79. The largest absolute Gasteiger partial charge is 0.467 e. The van der Waals surface area contributed by atoms with E-state index in [0.29, 0.717) is 11.8 Å². The van der Waals surface area contributed by atoms with Crippen LogP contribution in [0.1, 0.15) is 63.5 Å². The predicted octanol–water partition coefficient (Wildman–Crippen LogP) is 4.15. The zero-order chi connectivity index (χ0) is 20.1. The standard InChI is InChI=1S/C24H33NO3/c1-15(2)20(21(26)28-4)25-22(27)24-12-17-9-18(13-24)11-23(10-17,14-24)19-7-5-16(3)6-8-19/h5-8,15,17-18,20H,9-14H2,1-4H3,(H,25,27)/t17-,18-,20+,23?,24?/m1/s1. The summed E-state index contributed by atoms with van der Waals surface area (Å²) in [5.74, 6) is 0.966. The average molecular weight is 384 g/mol. The summed E-state index contributed by atoms with van der Waals surface area (Å²) < 4.78 is 4.94. The van der Waals surface area contributed by atoms with Gasteiger partial charge in [0, 0.05) is 0 Å². The van der Waals surface area contributed by atoms with E-state index in [1.54, 1.807) is 0 Å². The first-order valence-electron chi connectivity index (χ1n) is 10.7. The molecular weight excluding hydrogens is 350 g/mol. The van der Waals surface area contributed by atoms with Gasteiger partial charge < -0.3 is 10.1 Å². The number of benzene rings is 1. The monoisotopic (exact) mass is 383 g/mol. The minimum Gasteiger partial charge on any atom is -0.467 e. The molecule has 1 aromatic rings. The van der Waals surface area contributed by atoms with E-state index < -0.39 is 6.04 Å². The van der Waals surface area contributed by atoms with E-state index in [1.807, 2.05) is 13.8 Å². The quantitative estimate of drug-likeness (QED) is 0.777. The number of methoxy groups -OCH3 is 1. The highest BCUT2D eigenvalue weighted by Crippen LogP contribution is 2.65. The van der Waals surface area contributed by atoms with E-state index in [0.717, 1.165) is 19.3 Å². The fourth-order valence-electron chi connectivity index (χ4n) is 6.69. The van der Waals surface area contributed by atoms with Gasteiger partial charge in [0.15, 0.2) is 0 Å². The maximum Gasteiger partial charge on any atom is 0.328 e. The second kappa shape index (κ2) is 6.89. The number of esters is 1. The minimum absolute atomic E-state index is 0.0105. The molecule has 0 saturated heterocycles. The van der Waals surface area contributed by atoms with Crippen LogP contribution in [0.3, 0.4) is 0 Å². The van der Waals surface area contributed by atoms with Crippen LogP contribution in [0, 0.1) is 30.1 Å². The topological polar surface area (TPSA) is 55.4 Å². The zero-order valence-electron chi connectivity index (χ0n) is 17.6. The van der Waals surface area contributed by atoms with Gasteiger partial charge in [-0.3, -0.25) is 4.79 Å². The number of ether oxygens (including phenoxy) is 1. The fourth-order valence-corrected chi connectivity index (χ4v) is 6.69. The first kappa shape index (κ1) is 19.5. The third kappa shape index (κ3) is 3.15. The second-order valence-electron chi connectivity index (χ2n) is 10.1. The van der Waals surface area contributed by atoms with E-state index in [1.165, 1.54) is 37.5 Å². The number of hydrogen-bond acceptors (Lipinski definition) is 3. The highest BCUT2D eigenvalue weighted by molar-refractivity contribution is 5.88. The van der Waals surface area contributed by atoms with E-state index in [9.17, 15) is 9.59 Å². The van der Waals surface area contributed by atoms with Crippen molar-refractivity contribution in [2.24, 2.45) is 23.2 Å². The summed E-state index contributed by atoms with van der Waals surface area (Å²) in [7, 11) is 1.39. The summed E-state index contributed by atoms with van der Waals surface area (Å²) in [5.41, 5.74) is 2.46. The molecule has 4 saturated carbocycles. The molecule has 1 N–H and O–H groups in total. The van der Waals surface area contributed by atoms with Crippen molar-refractivity contribution in [2.45, 2.75) is 70.8 Å². The number of carbonyl (C=O) groups excluding carboxylic acids is 2. The highest BCUT2D eigenvalue weighted by Gasteiger charge is 2.61. The second-order valence-corrected chi connectivity index (χ2v) is 10.1. The molecule has 0 spiro atoms. The van der Waals surface area contributed by atoms with Crippen molar-refractivity contribution in [3.05, 3.63) is 35.4 Å². The van der Waals surface area contributed by atoms with Gasteiger partial charge >= 0.3 is 5.97 Å². The molecule has 3 atom stereocenters. The SMILES string of the molecule is COC(=O)[C@@H](NC(=O)C12C[C@@H]3C[C@@H](C1)CC(c1ccc(C)cc1)(C3)C2)C(C)C. The van der Waals surface area contributed by atoms with Crippen LogP contribution in [-0.2, 0) is 19.7 Å². The molecule has 4 nitrogen and oxygen atoms in total. The fraction of sp³-hybridized carbons (Fsp3) is 0.667. The van der Waals surface area contributed by atoms with Crippen LogP contribution in [0.4, 0.5) is 0 Å². The summed E-state index contributed by atoms with van der Waals surface area (Å²) in [6.45, 7) is 6.03. The number of amides is 1. The molecule has 4 bridgehead atoms. The first-order valence-corrected chi connectivity index (χ1v) is 10.7. The minimum atomic E-state index is -0.569. The van der Waals surface area contributed by atoms with Crippen LogP contribution < -0.4 is 5.32 Å². The predicted molar refractivity (Wildman–Crippen MR) is 109 cm³/mol. The van der Waals surface area contributed by atoms with Crippen LogP contribution in [0.2, 0.25) is 0 Å². The molecule has 28 heavy (non-hydrogen) atoms. The smallest absolute Gasteiger partial charge is 0.328 e. The summed E-state index contributed by atoms with van der Waals surface area (Å²) in [6, 6.07) is 8.39. The Hall–Kier alpha value is -1.84. The molecular formula is C24H33NO3. The van der Waals surface area contributed by atoms with Crippen LogP contribution in [0.15, 0.2) is 24.3 Å². The maximum absolute atomic E-state index is 13.5. The van der Waals surface area contributed by atoms with Gasteiger partial charge in [-0.2, -0.15) is 0 Å². The lowest BCUT2D eigenvalue weighted by Crippen LogP contribution is -2.61. The molecule has 4 fully saturated rings. The van der Waals surface area contributed by atoms with Gasteiger partial charge in [-0.15, -0.1) is 0 Å². The van der Waals surface area contributed by atoms with Crippen molar-refractivity contribution in [1.82, 2.24) is 5.32 Å². The maximum atomic E-state index is 13.5. The number of rotatable bonds is 5. The average Bonchev–Trinajstić information content (AvgIpc) is 2.64. The van der Waals surface area contributed by atoms with Crippen LogP contribution in [-0.4, -0.2) is 25.0 Å². The number of nitrogens with one attached hydrogen (secondary N) is 1. The summed E-state index contributed by atoms with van der Waals surface area (Å²) >= 11 is 0. The Balaban J connectivity index is 1.63. The third-order valence-corrected chi connectivity index (χ3v) is 7.62. The van der Waals surface area contributed by atoms with E-state index in [2.05, 4.69) is 36.5 Å². The zero-order valence-corrected chi connectivity index (χ0v) is 17.6. The molecule has 0 aliphatic heterocycles. The normalized spacial score (nSPS) is 34.3. The summed E-state index contributed by atoms with van der Waals surface area (Å²) in [4.78, 5) is 25.7. The van der Waals surface area contributed by atoms with Gasteiger partial charge in [0.2, 0.25) is 5.91 Å². The van der Waals surface area contributed by atoms with Gasteiger partial charge in [-0.25, -0.2) is 4.79 Å². The van der Waals surface area contributed by atoms with E-state index >= 15 is 0 Å². The molecule has 1 amide bonds. The number of hydrogen-bond donors (Lipinski definition) is 1. The lowest BCUT2D eigenvalue weighted by atomic mass is 9.42. The van der Waals surface area contributed by atoms with Gasteiger partial charge in [-0.05, 0) is 74.2 Å². The molecule has 5 rings (SSSR count). The molecule has 1 aromatic carbocycles. The van der Waals surface area contributed by atoms with Crippen molar-refractivity contribution in [1.29, 1.82) is 0 Å². The van der Waals surface area contributed by atoms with Gasteiger partial charge in [0.05, 0.1) is 12.5 Å². The molecule has 0 radical (unpaired) electrons. The Morgan fingerprint density at radius 1 is 1.07 bits per heavy atom. The molecule has 4 heteroatoms. The lowest BCUT2D eigenvalue weighted by Gasteiger charge is -2.61. The molecule has 152 valence electrons. The highest BCUT2D eigenvalue weighted by atomic mass is 16.5. The van der Waals surface area contributed by atoms with Crippen molar-refractivity contribution in [3.63, 3.8) is 0 Å². The molecule has 4 aliphatic carbocycles. The number of carbonyl (C=O) groups is 2. The van der Waals surface area contributed by atoms with E-state index in [4.69, 9.17) is 4.74 Å². The molecule has 0 unspecified atom stereocenters. The Labute approximate surface area is 168 Å². The van der Waals surface area contributed by atoms with Crippen molar-refractivity contribution in [2.75, 3.05) is 7.11 Å². The Morgan fingerprint density at radius 3 is 2.21 bits per heavy atom. The van der Waals surface area contributed by atoms with Gasteiger partial charge in [-0.1, -0.05) is 43.7 Å². The Bertz CT molecular complexity index is 753. The molecule has 4 aliphatic rings. The molecule has 0 heterocycles. The summed E-state index contributed by atoms with van der Waals surface area (Å²) in [6.07, 6.45) is 6.50. The molecule has 0 aromatic heterocycles.